The number of amides is 2. The summed E-state index contributed by atoms with van der Waals surface area (Å²) in [4.78, 5) is 26.8. The lowest BCUT2D eigenvalue weighted by molar-refractivity contribution is -0.113. The normalized spacial score (nSPS) is 14.8. The van der Waals surface area contributed by atoms with Crippen LogP contribution in [-0.4, -0.2) is 18.3 Å². The molecule has 0 radical (unpaired) electrons. The standard InChI is InChI=1S/C24H16ClFINO4S/c1-31-20-11-15(10-19(27)22(20)32-13-14-2-6-17(26)7-3-14)12-21-23(29)28(24(30)33-21)18-8-4-16(25)5-9-18/h2-12H,13H2,1H3/b21-12+. The Kier molecular flexibility index (Phi) is 7.26. The van der Waals surface area contributed by atoms with Crippen LogP contribution in [0.25, 0.3) is 6.08 Å². The van der Waals surface area contributed by atoms with E-state index in [2.05, 4.69) is 22.6 Å². The van der Waals surface area contributed by atoms with E-state index in [1.807, 2.05) is 6.07 Å². The Balaban J connectivity index is 1.57. The average Bonchev–Trinajstić information content (AvgIpc) is 3.07. The molecule has 1 fully saturated rings. The second-order valence-corrected chi connectivity index (χ2v) is 9.53. The van der Waals surface area contributed by atoms with Gasteiger partial charge in [0.2, 0.25) is 0 Å². The van der Waals surface area contributed by atoms with E-state index in [9.17, 15) is 14.0 Å². The van der Waals surface area contributed by atoms with Crippen molar-refractivity contribution in [2.24, 2.45) is 0 Å². The van der Waals surface area contributed by atoms with E-state index in [-0.39, 0.29) is 17.7 Å². The minimum atomic E-state index is -0.405. The van der Waals surface area contributed by atoms with Crippen molar-refractivity contribution >= 4 is 68.9 Å². The number of nitrogens with zero attached hydrogens (tertiary/aromatic N) is 1. The molecule has 1 aliphatic rings. The van der Waals surface area contributed by atoms with E-state index in [1.165, 1.54) is 19.2 Å². The molecule has 1 heterocycles. The van der Waals surface area contributed by atoms with Crippen molar-refractivity contribution < 1.29 is 23.5 Å². The molecule has 0 bridgehead atoms. The van der Waals surface area contributed by atoms with E-state index in [1.54, 1.807) is 48.5 Å². The van der Waals surface area contributed by atoms with Crippen molar-refractivity contribution in [2.45, 2.75) is 6.61 Å². The van der Waals surface area contributed by atoms with Crippen LogP contribution in [-0.2, 0) is 11.4 Å². The summed E-state index contributed by atoms with van der Waals surface area (Å²) in [7, 11) is 1.52. The second-order valence-electron chi connectivity index (χ2n) is 6.94. The fourth-order valence-electron chi connectivity index (χ4n) is 3.13. The lowest BCUT2D eigenvalue weighted by Gasteiger charge is -2.14. The number of hydrogen-bond donors (Lipinski definition) is 0. The molecule has 5 nitrogen and oxygen atoms in total. The van der Waals surface area contributed by atoms with Gasteiger partial charge < -0.3 is 9.47 Å². The highest BCUT2D eigenvalue weighted by atomic mass is 127. The molecule has 0 atom stereocenters. The molecule has 1 saturated heterocycles. The number of carbonyl (C=O) groups excluding carboxylic acids is 2. The first kappa shape index (κ1) is 23.6. The maximum Gasteiger partial charge on any atom is 0.298 e. The van der Waals surface area contributed by atoms with Crippen LogP contribution in [0.5, 0.6) is 11.5 Å². The molecule has 0 unspecified atom stereocenters. The third-order valence-electron chi connectivity index (χ3n) is 4.72. The first-order chi connectivity index (χ1) is 15.9. The Morgan fingerprint density at radius 1 is 1.09 bits per heavy atom. The molecule has 33 heavy (non-hydrogen) atoms. The minimum absolute atomic E-state index is 0.242. The van der Waals surface area contributed by atoms with Gasteiger partial charge >= 0.3 is 0 Å². The lowest BCUT2D eigenvalue weighted by Crippen LogP contribution is -2.27. The Morgan fingerprint density at radius 2 is 1.79 bits per heavy atom. The molecule has 0 spiro atoms. The number of carbonyl (C=O) groups is 2. The largest absolute Gasteiger partial charge is 0.493 e. The van der Waals surface area contributed by atoms with Gasteiger partial charge in [0.15, 0.2) is 11.5 Å². The number of thioether (sulfide) groups is 1. The van der Waals surface area contributed by atoms with Crippen molar-refractivity contribution in [1.82, 2.24) is 0 Å². The molecule has 0 aromatic heterocycles. The van der Waals surface area contributed by atoms with Crippen LogP contribution in [0, 0.1) is 9.39 Å². The SMILES string of the molecule is COc1cc(/C=C2/SC(=O)N(c3ccc(Cl)cc3)C2=O)cc(I)c1OCc1ccc(F)cc1. The van der Waals surface area contributed by atoms with E-state index in [4.69, 9.17) is 21.1 Å². The van der Waals surface area contributed by atoms with Crippen LogP contribution in [0.1, 0.15) is 11.1 Å². The molecule has 4 rings (SSSR count). The van der Waals surface area contributed by atoms with E-state index >= 15 is 0 Å². The summed E-state index contributed by atoms with van der Waals surface area (Å²) < 4.78 is 25.3. The quantitative estimate of drug-likeness (QED) is 0.229. The van der Waals surface area contributed by atoms with Crippen LogP contribution >= 0.6 is 46.0 Å². The van der Waals surface area contributed by atoms with Gasteiger partial charge in [-0.1, -0.05) is 23.7 Å². The van der Waals surface area contributed by atoms with Crippen LogP contribution < -0.4 is 14.4 Å². The van der Waals surface area contributed by atoms with Crippen molar-refractivity contribution in [3.05, 3.63) is 91.1 Å². The highest BCUT2D eigenvalue weighted by molar-refractivity contribution is 14.1. The summed E-state index contributed by atoms with van der Waals surface area (Å²) in [5.74, 6) is 0.301. The van der Waals surface area contributed by atoms with Gasteiger partial charge in [0.25, 0.3) is 11.1 Å². The van der Waals surface area contributed by atoms with Gasteiger partial charge in [0, 0.05) is 5.02 Å². The van der Waals surface area contributed by atoms with E-state index < -0.39 is 5.91 Å². The van der Waals surface area contributed by atoms with Crippen molar-refractivity contribution in [2.75, 3.05) is 12.0 Å². The lowest BCUT2D eigenvalue weighted by atomic mass is 10.1. The number of halogens is 3. The van der Waals surface area contributed by atoms with Crippen LogP contribution in [0.15, 0.2) is 65.6 Å². The first-order valence-electron chi connectivity index (χ1n) is 9.64. The molecule has 1 aliphatic heterocycles. The number of benzene rings is 3. The summed E-state index contributed by atoms with van der Waals surface area (Å²) in [6, 6.07) is 16.1. The third kappa shape index (κ3) is 5.34. The van der Waals surface area contributed by atoms with Gasteiger partial charge in [-0.15, -0.1) is 0 Å². The molecule has 2 amide bonds. The maximum absolute atomic E-state index is 13.1. The Hall–Kier alpha value is -2.56. The molecule has 0 N–H and O–H groups in total. The third-order valence-corrected chi connectivity index (χ3v) is 6.65. The fraction of sp³-hybridized carbons (Fsp3) is 0.0833. The molecule has 168 valence electrons. The second kappa shape index (κ2) is 10.1. The number of methoxy groups -OCH3 is 1. The van der Waals surface area contributed by atoms with Gasteiger partial charge in [-0.05, 0) is 100 Å². The number of anilines is 1. The zero-order valence-electron chi connectivity index (χ0n) is 17.2. The van der Waals surface area contributed by atoms with Crippen molar-refractivity contribution in [3.63, 3.8) is 0 Å². The van der Waals surface area contributed by atoms with Crippen molar-refractivity contribution in [3.8, 4) is 11.5 Å². The van der Waals surface area contributed by atoms with E-state index in [0.29, 0.717) is 32.7 Å². The highest BCUT2D eigenvalue weighted by Crippen LogP contribution is 2.39. The molecule has 3 aromatic carbocycles. The average molecular weight is 596 g/mol. The summed E-state index contributed by atoms with van der Waals surface area (Å²) in [6.07, 6.45) is 1.65. The molecule has 3 aromatic rings. The van der Waals surface area contributed by atoms with E-state index in [0.717, 1.165) is 25.8 Å². The zero-order chi connectivity index (χ0) is 23.5. The monoisotopic (exact) mass is 595 g/mol. The van der Waals surface area contributed by atoms with Crippen LogP contribution in [0.2, 0.25) is 5.02 Å². The molecule has 0 aliphatic carbocycles. The number of hydrogen-bond acceptors (Lipinski definition) is 5. The maximum atomic E-state index is 13.1. The van der Waals surface area contributed by atoms with Gasteiger partial charge in [-0.2, -0.15) is 0 Å². The van der Waals surface area contributed by atoms with Gasteiger partial charge in [0.05, 0.1) is 21.3 Å². The van der Waals surface area contributed by atoms with Gasteiger partial charge in [0.1, 0.15) is 12.4 Å². The number of rotatable bonds is 6. The molecular weight excluding hydrogens is 580 g/mol. The summed E-state index contributed by atoms with van der Waals surface area (Å²) >= 11 is 8.89. The summed E-state index contributed by atoms with van der Waals surface area (Å²) in [5, 5.41) is 0.138. The summed E-state index contributed by atoms with van der Waals surface area (Å²) in [6.45, 7) is 0.242. The van der Waals surface area contributed by atoms with Gasteiger partial charge in [-0.3, -0.25) is 9.59 Å². The predicted molar refractivity (Wildman–Crippen MR) is 136 cm³/mol. The number of imide groups is 1. The zero-order valence-corrected chi connectivity index (χ0v) is 20.9. The highest BCUT2D eigenvalue weighted by Gasteiger charge is 2.36. The minimum Gasteiger partial charge on any atom is -0.493 e. The van der Waals surface area contributed by atoms with Crippen LogP contribution in [0.4, 0.5) is 14.9 Å². The smallest absolute Gasteiger partial charge is 0.298 e. The first-order valence-corrected chi connectivity index (χ1v) is 11.9. The summed E-state index contributed by atoms with van der Waals surface area (Å²) in [5.41, 5.74) is 1.96. The van der Waals surface area contributed by atoms with Gasteiger partial charge in [-0.25, -0.2) is 9.29 Å². The molecule has 9 heteroatoms. The molecule has 0 saturated carbocycles. The fourth-order valence-corrected chi connectivity index (χ4v) is 4.88. The Labute approximate surface area is 212 Å². The Morgan fingerprint density at radius 3 is 2.45 bits per heavy atom. The molecular formula is C24H16ClFINO4S. The van der Waals surface area contributed by atoms with Crippen molar-refractivity contribution in [1.29, 1.82) is 0 Å². The number of ether oxygens (including phenoxy) is 2. The predicted octanol–water partition coefficient (Wildman–Crippen LogP) is 6.91. The Bertz CT molecular complexity index is 1250. The topological polar surface area (TPSA) is 55.8 Å². The van der Waals surface area contributed by atoms with Crippen LogP contribution in [0.3, 0.4) is 0 Å².